The lowest BCUT2D eigenvalue weighted by atomic mass is 10.6. The van der Waals surface area contributed by atoms with Crippen LogP contribution in [0.2, 0.25) is 0 Å². The van der Waals surface area contributed by atoms with Crippen molar-refractivity contribution in [3.05, 3.63) is 0 Å². The van der Waals surface area contributed by atoms with E-state index in [1.165, 1.54) is 0 Å². The first-order valence-electron chi connectivity index (χ1n) is 8.09. The monoisotopic (exact) mass is 460 g/mol. The Morgan fingerprint density at radius 1 is 0.786 bits per heavy atom. The van der Waals surface area contributed by atoms with Crippen LogP contribution in [0, 0.1) is 0 Å². The summed E-state index contributed by atoms with van der Waals surface area (Å²) < 4.78 is 55.4. The van der Waals surface area contributed by atoms with Gasteiger partial charge in [0.15, 0.2) is 0 Å². The molecule has 0 fully saturated rings. The van der Waals surface area contributed by atoms with Crippen LogP contribution < -0.4 is 15.5 Å². The molecule has 13 nitrogen and oxygen atoms in total. The number of rotatable bonds is 12. The molecule has 0 saturated carbocycles. The highest BCUT2D eigenvalue weighted by Crippen LogP contribution is 2.18. The third kappa shape index (κ3) is 114. The van der Waals surface area contributed by atoms with E-state index in [0.717, 1.165) is 52.6 Å². The summed E-state index contributed by atoms with van der Waals surface area (Å²) in [7, 11) is -1.96. The van der Waals surface area contributed by atoms with Gasteiger partial charge in [0.05, 0.1) is 62.7 Å². The SMILES string of the molecule is COCC[NH2+]CCOC.COCC[NH2+]CCOC.CS(=O)(=O)[O-].O=P([O-])(O)O. The summed E-state index contributed by atoms with van der Waals surface area (Å²) in [6.07, 6.45) is 0.604. The zero-order valence-electron chi connectivity index (χ0n) is 17.2. The van der Waals surface area contributed by atoms with Crippen molar-refractivity contribution < 1.29 is 61.8 Å². The molecule has 0 amide bonds. The Kier molecular flexibility index (Phi) is 33.7. The van der Waals surface area contributed by atoms with Gasteiger partial charge in [0, 0.05) is 34.7 Å². The van der Waals surface area contributed by atoms with E-state index in [0.29, 0.717) is 6.26 Å². The second kappa shape index (κ2) is 26.8. The minimum atomic E-state index is -4.89. The Labute approximate surface area is 167 Å². The van der Waals surface area contributed by atoms with Gasteiger partial charge in [0.25, 0.3) is 7.82 Å². The topological polar surface area (TPSA) is 208 Å². The predicted octanol–water partition coefficient (Wildman–Crippen LogP) is -4.71. The van der Waals surface area contributed by atoms with Gasteiger partial charge < -0.3 is 48.8 Å². The van der Waals surface area contributed by atoms with Crippen molar-refractivity contribution in [1.82, 2.24) is 0 Å². The summed E-state index contributed by atoms with van der Waals surface area (Å²) >= 11 is 0. The van der Waals surface area contributed by atoms with Crippen molar-refractivity contribution in [1.29, 1.82) is 0 Å². The molecule has 0 aromatic rings. The molecule has 0 aliphatic heterocycles. The number of hydrogen-bond donors (Lipinski definition) is 4. The van der Waals surface area contributed by atoms with Crippen LogP contribution in [0.5, 0.6) is 0 Å². The van der Waals surface area contributed by atoms with Crippen LogP contribution in [0.1, 0.15) is 0 Å². The molecule has 15 heteroatoms. The predicted molar refractivity (Wildman–Crippen MR) is 98.5 cm³/mol. The smallest absolute Gasteiger partial charge is 0.262 e. The maximum atomic E-state index is 9.08. The third-order valence-corrected chi connectivity index (χ3v) is 2.10. The Morgan fingerprint density at radius 2 is 0.929 bits per heavy atom. The van der Waals surface area contributed by atoms with Gasteiger partial charge in [0.1, 0.15) is 0 Å². The van der Waals surface area contributed by atoms with Crippen LogP contribution >= 0.6 is 7.82 Å². The Bertz CT molecular complexity index is 378. The Hall–Kier alpha value is -0.220. The number of nitrogens with two attached hydrogens (primary N) is 2. The molecule has 176 valence electrons. The maximum Gasteiger partial charge on any atom is 0.262 e. The molecule has 0 atom stereocenters. The summed E-state index contributed by atoms with van der Waals surface area (Å²) in [4.78, 5) is 22.9. The number of methoxy groups -OCH3 is 4. The molecule has 0 aliphatic rings. The van der Waals surface area contributed by atoms with Crippen LogP contribution in [-0.2, 0) is 33.6 Å². The average molecular weight is 460 g/mol. The molecule has 28 heavy (non-hydrogen) atoms. The normalized spacial score (nSPS) is 10.6. The molecule has 0 saturated heterocycles. The lowest BCUT2D eigenvalue weighted by molar-refractivity contribution is -0.657. The fourth-order valence-electron chi connectivity index (χ4n) is 1.09. The minimum Gasteiger partial charge on any atom is -0.756 e. The first-order valence-corrected chi connectivity index (χ1v) is 11.4. The molecular weight excluding hydrogens is 423 g/mol. The summed E-state index contributed by atoms with van der Waals surface area (Å²) in [5, 5.41) is 4.35. The second-order valence-corrected chi connectivity index (χ2v) is 7.29. The van der Waals surface area contributed by atoms with Gasteiger partial charge >= 0.3 is 0 Å². The zero-order chi connectivity index (χ0) is 22.9. The first kappa shape index (κ1) is 35.2. The van der Waals surface area contributed by atoms with Gasteiger partial charge in [-0.2, -0.15) is 0 Å². The molecule has 0 aromatic heterocycles. The van der Waals surface area contributed by atoms with Crippen LogP contribution in [-0.4, -0.2) is 110 Å². The van der Waals surface area contributed by atoms with Crippen molar-refractivity contribution in [2.45, 2.75) is 0 Å². The van der Waals surface area contributed by atoms with Crippen LogP contribution in [0.3, 0.4) is 0 Å². The lowest BCUT2D eigenvalue weighted by Gasteiger charge is -2.01. The van der Waals surface area contributed by atoms with Gasteiger partial charge in [-0.3, -0.25) is 4.57 Å². The van der Waals surface area contributed by atoms with Gasteiger partial charge in [-0.05, 0) is 0 Å². The number of hydrogen-bond acceptors (Lipinski definition) is 9. The highest BCUT2D eigenvalue weighted by Gasteiger charge is 1.87. The number of ether oxygens (including phenoxy) is 4. The van der Waals surface area contributed by atoms with E-state index >= 15 is 0 Å². The first-order chi connectivity index (χ1) is 12.8. The molecule has 6 N–H and O–H groups in total. The van der Waals surface area contributed by atoms with E-state index in [-0.39, 0.29) is 0 Å². The fourth-order valence-corrected chi connectivity index (χ4v) is 1.09. The van der Waals surface area contributed by atoms with E-state index in [1.54, 1.807) is 28.4 Å². The van der Waals surface area contributed by atoms with Gasteiger partial charge in [-0.15, -0.1) is 0 Å². The molecule has 0 aliphatic carbocycles. The molecule has 0 rings (SSSR count). The van der Waals surface area contributed by atoms with Crippen molar-refractivity contribution in [2.75, 3.05) is 87.3 Å². The molecule has 0 heterocycles. The van der Waals surface area contributed by atoms with Crippen molar-refractivity contribution in [2.24, 2.45) is 0 Å². The fraction of sp³-hybridized carbons (Fsp3) is 1.00. The third-order valence-electron chi connectivity index (χ3n) is 2.10. The number of phosphoric acid groups is 1. The highest BCUT2D eigenvalue weighted by molar-refractivity contribution is 7.84. The largest absolute Gasteiger partial charge is 0.756 e. The van der Waals surface area contributed by atoms with E-state index in [1.807, 2.05) is 0 Å². The van der Waals surface area contributed by atoms with Crippen LogP contribution in [0.15, 0.2) is 0 Å². The van der Waals surface area contributed by atoms with E-state index in [4.69, 9.17) is 51.2 Å². The standard InChI is InChI=1S/2C6H15NO2.CH4O3S.H3O4P/c2*1-8-5-3-7-4-6-9-2;2*1-5(2,3)4/h2*7H,3-6H2,1-2H3;1H3,(H,2,3,4);(H3,1,2,3,4). The lowest BCUT2D eigenvalue weighted by Crippen LogP contribution is -2.86. The summed E-state index contributed by atoms with van der Waals surface area (Å²) in [6, 6.07) is 0. The summed E-state index contributed by atoms with van der Waals surface area (Å²) in [5.74, 6) is 0. The Morgan fingerprint density at radius 3 is 1.04 bits per heavy atom. The highest BCUT2D eigenvalue weighted by atomic mass is 32.2. The molecule has 0 unspecified atom stereocenters. The molecule has 0 aromatic carbocycles. The molecular formula is C13H37N2O11PS. The van der Waals surface area contributed by atoms with Crippen LogP contribution in [0.4, 0.5) is 0 Å². The van der Waals surface area contributed by atoms with Crippen molar-refractivity contribution in [3.63, 3.8) is 0 Å². The zero-order valence-corrected chi connectivity index (χ0v) is 18.9. The summed E-state index contributed by atoms with van der Waals surface area (Å²) in [5.41, 5.74) is 0. The molecule has 0 spiro atoms. The van der Waals surface area contributed by atoms with E-state index in [2.05, 4.69) is 10.6 Å². The number of quaternary nitrogens is 2. The average Bonchev–Trinajstić information content (AvgIpc) is 2.52. The van der Waals surface area contributed by atoms with Crippen LogP contribution in [0.25, 0.3) is 0 Å². The summed E-state index contributed by atoms with van der Waals surface area (Å²) in [6.45, 7) is 7.40. The molecule has 0 radical (unpaired) electrons. The van der Waals surface area contributed by atoms with Gasteiger partial charge in [0.2, 0.25) is 0 Å². The Balaban J connectivity index is -0.000000143. The quantitative estimate of drug-likeness (QED) is 0.123. The van der Waals surface area contributed by atoms with Crippen molar-refractivity contribution in [3.8, 4) is 0 Å². The van der Waals surface area contributed by atoms with E-state index in [9.17, 15) is 0 Å². The van der Waals surface area contributed by atoms with Crippen molar-refractivity contribution >= 4 is 17.9 Å². The second-order valence-electron chi connectivity index (χ2n) is 4.90. The van der Waals surface area contributed by atoms with Gasteiger partial charge in [-0.25, -0.2) is 8.42 Å². The van der Waals surface area contributed by atoms with Gasteiger partial charge in [-0.1, -0.05) is 0 Å². The molecule has 0 bridgehead atoms. The van der Waals surface area contributed by atoms with E-state index < -0.39 is 17.9 Å². The minimum absolute atomic E-state index is 0.604. The maximum absolute atomic E-state index is 9.08.